The van der Waals surface area contributed by atoms with Crippen LogP contribution >= 0.6 is 0 Å². The van der Waals surface area contributed by atoms with Crippen LogP contribution in [-0.4, -0.2) is 53.5 Å². The second kappa shape index (κ2) is 8.32. The highest BCUT2D eigenvalue weighted by Crippen LogP contribution is 2.22. The standard InChI is InChI=1S/C22H35N3O2/c1-21(2,3)18-10-7-17(8-11-18)9-12-19(26)24-13-15-25(16-14-24)20(27)23-22(4,5)6/h7-8,10-11H,9,12-16H2,1-6H3,(H,23,27). The van der Waals surface area contributed by atoms with Crippen molar-refractivity contribution in [1.82, 2.24) is 15.1 Å². The SMILES string of the molecule is CC(C)(C)NC(=O)N1CCN(C(=O)CCc2ccc(C(C)(C)C)cc2)CC1. The van der Waals surface area contributed by atoms with Crippen LogP contribution in [0.3, 0.4) is 0 Å². The lowest BCUT2D eigenvalue weighted by atomic mass is 9.86. The Morgan fingerprint density at radius 2 is 1.41 bits per heavy atom. The molecule has 0 radical (unpaired) electrons. The van der Waals surface area contributed by atoms with E-state index in [1.165, 1.54) is 11.1 Å². The van der Waals surface area contributed by atoms with E-state index in [1.54, 1.807) is 4.90 Å². The molecule has 0 aliphatic carbocycles. The highest BCUT2D eigenvalue weighted by Gasteiger charge is 2.26. The summed E-state index contributed by atoms with van der Waals surface area (Å²) in [5.41, 5.74) is 2.40. The average Bonchev–Trinajstić information content (AvgIpc) is 2.58. The summed E-state index contributed by atoms with van der Waals surface area (Å²) in [6, 6.07) is 8.53. The summed E-state index contributed by atoms with van der Waals surface area (Å²) in [6.07, 6.45) is 1.27. The number of nitrogens with one attached hydrogen (secondary N) is 1. The molecule has 0 bridgehead atoms. The molecule has 0 aromatic heterocycles. The number of piperazine rings is 1. The van der Waals surface area contributed by atoms with Crippen molar-refractivity contribution in [1.29, 1.82) is 0 Å². The minimum absolute atomic E-state index is 0.0477. The maximum atomic E-state index is 12.5. The topological polar surface area (TPSA) is 52.7 Å². The number of carbonyl (C=O) groups is 2. The van der Waals surface area contributed by atoms with Crippen molar-refractivity contribution >= 4 is 11.9 Å². The molecule has 27 heavy (non-hydrogen) atoms. The van der Waals surface area contributed by atoms with Gasteiger partial charge in [0.05, 0.1) is 0 Å². The molecule has 1 fully saturated rings. The predicted octanol–water partition coefficient (Wildman–Crippen LogP) is 3.57. The maximum absolute atomic E-state index is 12.5. The quantitative estimate of drug-likeness (QED) is 0.881. The molecule has 5 nitrogen and oxygen atoms in total. The van der Waals surface area contributed by atoms with Crippen LogP contribution in [0.1, 0.15) is 59.1 Å². The van der Waals surface area contributed by atoms with Gasteiger partial charge in [-0.3, -0.25) is 4.79 Å². The Hall–Kier alpha value is -2.04. The number of nitrogens with zero attached hydrogens (tertiary/aromatic N) is 2. The normalized spacial score (nSPS) is 15.6. The first kappa shape index (κ1) is 21.3. The van der Waals surface area contributed by atoms with E-state index in [0.717, 1.165) is 6.42 Å². The average molecular weight is 374 g/mol. The minimum atomic E-state index is -0.243. The Morgan fingerprint density at radius 1 is 0.889 bits per heavy atom. The van der Waals surface area contributed by atoms with Crippen LogP contribution < -0.4 is 5.32 Å². The maximum Gasteiger partial charge on any atom is 0.317 e. The zero-order chi connectivity index (χ0) is 20.2. The van der Waals surface area contributed by atoms with Gasteiger partial charge < -0.3 is 15.1 Å². The fourth-order valence-corrected chi connectivity index (χ4v) is 3.14. The van der Waals surface area contributed by atoms with Crippen molar-refractivity contribution in [3.63, 3.8) is 0 Å². The molecule has 0 unspecified atom stereocenters. The summed E-state index contributed by atoms with van der Waals surface area (Å²) in [5.74, 6) is 0.172. The van der Waals surface area contributed by atoms with E-state index < -0.39 is 0 Å². The number of amides is 3. The monoisotopic (exact) mass is 373 g/mol. The summed E-state index contributed by atoms with van der Waals surface area (Å²) >= 11 is 0. The van der Waals surface area contributed by atoms with Crippen LogP contribution in [0.5, 0.6) is 0 Å². The van der Waals surface area contributed by atoms with Gasteiger partial charge in [0.25, 0.3) is 0 Å². The van der Waals surface area contributed by atoms with Gasteiger partial charge in [0.15, 0.2) is 0 Å². The van der Waals surface area contributed by atoms with Gasteiger partial charge in [-0.2, -0.15) is 0 Å². The Morgan fingerprint density at radius 3 is 1.89 bits per heavy atom. The molecule has 1 aromatic carbocycles. The molecule has 1 heterocycles. The van der Waals surface area contributed by atoms with Gasteiger partial charge >= 0.3 is 6.03 Å². The van der Waals surface area contributed by atoms with Gasteiger partial charge in [0, 0.05) is 38.1 Å². The van der Waals surface area contributed by atoms with Crippen LogP contribution in [0, 0.1) is 0 Å². The summed E-state index contributed by atoms with van der Waals surface area (Å²) in [7, 11) is 0. The smallest absolute Gasteiger partial charge is 0.317 e. The van der Waals surface area contributed by atoms with Crippen molar-refractivity contribution in [3.8, 4) is 0 Å². The van der Waals surface area contributed by atoms with Crippen molar-refractivity contribution in [3.05, 3.63) is 35.4 Å². The number of carbonyl (C=O) groups excluding carboxylic acids is 2. The molecule has 0 saturated carbocycles. The zero-order valence-electron chi connectivity index (χ0n) is 17.8. The lowest BCUT2D eigenvalue weighted by Crippen LogP contribution is -2.56. The van der Waals surface area contributed by atoms with Gasteiger partial charge in [-0.1, -0.05) is 45.0 Å². The van der Waals surface area contributed by atoms with Crippen molar-refractivity contribution < 1.29 is 9.59 Å². The number of aryl methyl sites for hydroxylation is 1. The van der Waals surface area contributed by atoms with Crippen molar-refractivity contribution in [2.75, 3.05) is 26.2 Å². The van der Waals surface area contributed by atoms with Crippen LogP contribution in [0.15, 0.2) is 24.3 Å². The molecule has 1 aliphatic heterocycles. The zero-order valence-corrected chi connectivity index (χ0v) is 17.8. The molecular weight excluding hydrogens is 338 g/mol. The molecular formula is C22H35N3O2. The van der Waals surface area contributed by atoms with Crippen molar-refractivity contribution in [2.24, 2.45) is 0 Å². The largest absolute Gasteiger partial charge is 0.339 e. The van der Waals surface area contributed by atoms with E-state index in [0.29, 0.717) is 32.6 Å². The number of hydrogen-bond acceptors (Lipinski definition) is 2. The summed E-state index contributed by atoms with van der Waals surface area (Å²) in [6.45, 7) is 14.9. The number of rotatable bonds is 3. The van der Waals surface area contributed by atoms with Gasteiger partial charge in [-0.15, -0.1) is 0 Å². The summed E-state index contributed by atoms with van der Waals surface area (Å²) in [5, 5.41) is 2.98. The van der Waals surface area contributed by atoms with E-state index in [-0.39, 0.29) is 22.9 Å². The minimum Gasteiger partial charge on any atom is -0.339 e. The predicted molar refractivity (Wildman–Crippen MR) is 110 cm³/mol. The van der Waals surface area contributed by atoms with Crippen LogP contribution in [0.2, 0.25) is 0 Å². The number of benzene rings is 1. The third kappa shape index (κ3) is 6.56. The molecule has 0 spiro atoms. The highest BCUT2D eigenvalue weighted by molar-refractivity contribution is 5.78. The van der Waals surface area contributed by atoms with Crippen LogP contribution in [0.4, 0.5) is 4.79 Å². The summed E-state index contributed by atoms with van der Waals surface area (Å²) in [4.78, 5) is 28.4. The Bertz CT molecular complexity index is 646. The van der Waals surface area contributed by atoms with Gasteiger partial charge in [-0.25, -0.2) is 4.79 Å². The fraction of sp³-hybridized carbons (Fsp3) is 0.636. The van der Waals surface area contributed by atoms with E-state index in [1.807, 2.05) is 25.7 Å². The van der Waals surface area contributed by atoms with E-state index >= 15 is 0 Å². The van der Waals surface area contributed by atoms with E-state index in [9.17, 15) is 9.59 Å². The first-order chi connectivity index (χ1) is 12.5. The van der Waals surface area contributed by atoms with Crippen LogP contribution in [0.25, 0.3) is 0 Å². The fourth-order valence-electron chi connectivity index (χ4n) is 3.14. The lowest BCUT2D eigenvalue weighted by Gasteiger charge is -2.36. The first-order valence-electron chi connectivity index (χ1n) is 9.90. The van der Waals surface area contributed by atoms with Gasteiger partial charge in [-0.05, 0) is 43.7 Å². The third-order valence-corrected chi connectivity index (χ3v) is 4.85. The molecule has 1 aliphatic rings. The van der Waals surface area contributed by atoms with Crippen molar-refractivity contribution in [2.45, 2.75) is 65.3 Å². The Balaban J connectivity index is 1.78. The summed E-state index contributed by atoms with van der Waals surface area (Å²) < 4.78 is 0. The van der Waals surface area contributed by atoms with E-state index in [4.69, 9.17) is 0 Å². The lowest BCUT2D eigenvalue weighted by molar-refractivity contribution is -0.132. The number of hydrogen-bond donors (Lipinski definition) is 1. The molecule has 2 rings (SSSR count). The van der Waals surface area contributed by atoms with Gasteiger partial charge in [0.2, 0.25) is 5.91 Å². The molecule has 150 valence electrons. The molecule has 5 heteroatoms. The Kier molecular flexibility index (Phi) is 6.55. The molecule has 3 amide bonds. The van der Waals surface area contributed by atoms with Gasteiger partial charge in [0.1, 0.15) is 0 Å². The second-order valence-corrected chi connectivity index (χ2v) is 9.49. The van der Waals surface area contributed by atoms with E-state index in [2.05, 4.69) is 50.4 Å². The molecule has 0 atom stereocenters. The van der Waals surface area contributed by atoms with Crippen LogP contribution in [-0.2, 0) is 16.6 Å². The first-order valence-corrected chi connectivity index (χ1v) is 9.90. The highest BCUT2D eigenvalue weighted by atomic mass is 16.2. The molecule has 1 saturated heterocycles. The Labute approximate surface area is 164 Å². The molecule has 1 aromatic rings. The molecule has 1 N–H and O–H groups in total. The number of urea groups is 1. The second-order valence-electron chi connectivity index (χ2n) is 9.49. The third-order valence-electron chi connectivity index (χ3n) is 4.85.